The maximum Gasteiger partial charge on any atom is 0.134 e. The van der Waals surface area contributed by atoms with Gasteiger partial charge in [-0.25, -0.2) is 4.39 Å². The van der Waals surface area contributed by atoms with Gasteiger partial charge < -0.3 is 4.74 Å². The lowest BCUT2D eigenvalue weighted by atomic mass is 10.1. The number of hydrogen-bond acceptors (Lipinski definition) is 2. The van der Waals surface area contributed by atoms with Crippen molar-refractivity contribution >= 4 is 5.78 Å². The molecule has 0 saturated heterocycles. The van der Waals surface area contributed by atoms with Crippen LogP contribution < -0.4 is 4.74 Å². The third kappa shape index (κ3) is 3.56. The molecule has 3 heteroatoms. The summed E-state index contributed by atoms with van der Waals surface area (Å²) < 4.78 is 16.8. The Hall–Kier alpha value is -1.38. The highest BCUT2D eigenvalue weighted by molar-refractivity contribution is 5.78. The molecule has 76 valence electrons. The van der Waals surface area contributed by atoms with Gasteiger partial charge in [-0.05, 0) is 24.6 Å². The lowest BCUT2D eigenvalue weighted by molar-refractivity contribution is -0.116. The SMILES string of the molecule is CC(=O)Cc1ccc(OCCF)cc1. The number of ketones is 1. The highest BCUT2D eigenvalue weighted by Crippen LogP contribution is 2.12. The highest BCUT2D eigenvalue weighted by Gasteiger charge is 1.98. The van der Waals surface area contributed by atoms with Gasteiger partial charge in [0.2, 0.25) is 0 Å². The second kappa shape index (κ2) is 5.37. The van der Waals surface area contributed by atoms with Gasteiger partial charge in [-0.15, -0.1) is 0 Å². The summed E-state index contributed by atoms with van der Waals surface area (Å²) in [7, 11) is 0. The van der Waals surface area contributed by atoms with Crippen molar-refractivity contribution in [3.8, 4) is 5.75 Å². The Morgan fingerprint density at radius 2 is 2.00 bits per heavy atom. The van der Waals surface area contributed by atoms with E-state index in [1.165, 1.54) is 0 Å². The number of rotatable bonds is 5. The zero-order valence-electron chi connectivity index (χ0n) is 8.13. The molecule has 0 radical (unpaired) electrons. The van der Waals surface area contributed by atoms with Crippen molar-refractivity contribution in [2.45, 2.75) is 13.3 Å². The third-order valence-electron chi connectivity index (χ3n) is 1.72. The van der Waals surface area contributed by atoms with Gasteiger partial charge in [0.15, 0.2) is 0 Å². The van der Waals surface area contributed by atoms with Crippen LogP contribution in [0.25, 0.3) is 0 Å². The summed E-state index contributed by atoms with van der Waals surface area (Å²) in [5.74, 6) is 0.761. The fourth-order valence-electron chi connectivity index (χ4n) is 1.15. The van der Waals surface area contributed by atoms with E-state index in [0.29, 0.717) is 12.2 Å². The maximum atomic E-state index is 11.8. The minimum atomic E-state index is -0.491. The Morgan fingerprint density at radius 3 is 2.50 bits per heavy atom. The van der Waals surface area contributed by atoms with E-state index in [9.17, 15) is 9.18 Å². The Balaban J connectivity index is 2.54. The molecule has 1 aromatic carbocycles. The van der Waals surface area contributed by atoms with Gasteiger partial charge >= 0.3 is 0 Å². The Labute approximate surface area is 82.7 Å². The molecular weight excluding hydrogens is 183 g/mol. The Bertz CT molecular complexity index is 293. The first kappa shape index (κ1) is 10.7. The van der Waals surface area contributed by atoms with Crippen molar-refractivity contribution in [1.29, 1.82) is 0 Å². The van der Waals surface area contributed by atoms with Crippen LogP contribution in [0.4, 0.5) is 4.39 Å². The predicted octanol–water partition coefficient (Wildman–Crippen LogP) is 2.17. The van der Waals surface area contributed by atoms with E-state index in [0.717, 1.165) is 5.56 Å². The van der Waals surface area contributed by atoms with E-state index >= 15 is 0 Å². The van der Waals surface area contributed by atoms with Gasteiger partial charge in [0.05, 0.1) is 0 Å². The van der Waals surface area contributed by atoms with E-state index < -0.39 is 6.67 Å². The van der Waals surface area contributed by atoms with E-state index in [-0.39, 0.29) is 12.4 Å². The van der Waals surface area contributed by atoms with Crippen LogP contribution in [0.2, 0.25) is 0 Å². The number of alkyl halides is 1. The van der Waals surface area contributed by atoms with Crippen LogP contribution >= 0.6 is 0 Å². The molecule has 1 aromatic rings. The molecular formula is C11H13FO2. The second-order valence-corrected chi connectivity index (χ2v) is 3.06. The molecule has 0 bridgehead atoms. The predicted molar refractivity (Wildman–Crippen MR) is 52.3 cm³/mol. The first-order valence-corrected chi connectivity index (χ1v) is 4.49. The van der Waals surface area contributed by atoms with Crippen LogP contribution in [-0.2, 0) is 11.2 Å². The molecule has 0 unspecified atom stereocenters. The Kier molecular flexibility index (Phi) is 4.11. The fourth-order valence-corrected chi connectivity index (χ4v) is 1.15. The van der Waals surface area contributed by atoms with Crippen LogP contribution in [-0.4, -0.2) is 19.1 Å². The highest BCUT2D eigenvalue weighted by atomic mass is 19.1. The molecule has 0 aliphatic carbocycles. The number of benzene rings is 1. The summed E-state index contributed by atoms with van der Waals surface area (Å²) in [6.07, 6.45) is 0.434. The standard InChI is InChI=1S/C11H13FO2/c1-9(13)8-10-2-4-11(5-3-10)14-7-6-12/h2-5H,6-8H2,1H3. The van der Waals surface area contributed by atoms with Crippen molar-refractivity contribution in [2.24, 2.45) is 0 Å². The summed E-state index contributed by atoms with van der Waals surface area (Å²) in [5, 5.41) is 0. The van der Waals surface area contributed by atoms with E-state index in [4.69, 9.17) is 4.74 Å². The van der Waals surface area contributed by atoms with E-state index in [1.54, 1.807) is 19.1 Å². The normalized spacial score (nSPS) is 9.86. The van der Waals surface area contributed by atoms with E-state index in [2.05, 4.69) is 0 Å². The average Bonchev–Trinajstić information content (AvgIpc) is 2.16. The number of hydrogen-bond donors (Lipinski definition) is 0. The van der Waals surface area contributed by atoms with E-state index in [1.807, 2.05) is 12.1 Å². The van der Waals surface area contributed by atoms with Crippen LogP contribution in [0.3, 0.4) is 0 Å². The lowest BCUT2D eigenvalue weighted by Crippen LogP contribution is -1.99. The Morgan fingerprint density at radius 1 is 1.36 bits per heavy atom. The van der Waals surface area contributed by atoms with Gasteiger partial charge in [0.25, 0.3) is 0 Å². The first-order chi connectivity index (χ1) is 6.72. The van der Waals surface area contributed by atoms with Crippen molar-refractivity contribution in [3.63, 3.8) is 0 Å². The van der Waals surface area contributed by atoms with Crippen molar-refractivity contribution in [1.82, 2.24) is 0 Å². The first-order valence-electron chi connectivity index (χ1n) is 4.49. The molecule has 0 N–H and O–H groups in total. The monoisotopic (exact) mass is 196 g/mol. The molecule has 0 aromatic heterocycles. The zero-order chi connectivity index (χ0) is 10.4. The van der Waals surface area contributed by atoms with Crippen molar-refractivity contribution < 1.29 is 13.9 Å². The van der Waals surface area contributed by atoms with Gasteiger partial charge in [-0.1, -0.05) is 12.1 Å². The minimum Gasteiger partial charge on any atom is -0.491 e. The molecule has 2 nitrogen and oxygen atoms in total. The summed E-state index contributed by atoms with van der Waals surface area (Å²) >= 11 is 0. The summed E-state index contributed by atoms with van der Waals surface area (Å²) in [5.41, 5.74) is 0.949. The van der Waals surface area contributed by atoms with Crippen LogP contribution in [0.5, 0.6) is 5.75 Å². The molecule has 0 atom stereocenters. The molecule has 0 spiro atoms. The fraction of sp³-hybridized carbons (Fsp3) is 0.364. The molecule has 0 aliphatic heterocycles. The largest absolute Gasteiger partial charge is 0.491 e. The number of Topliss-reactive ketones (excluding diaryl/α,β-unsaturated/α-hetero) is 1. The van der Waals surface area contributed by atoms with Crippen molar-refractivity contribution in [2.75, 3.05) is 13.3 Å². The number of halogens is 1. The molecule has 1 rings (SSSR count). The number of carbonyl (C=O) groups excluding carboxylic acids is 1. The van der Waals surface area contributed by atoms with Gasteiger partial charge in [-0.2, -0.15) is 0 Å². The van der Waals surface area contributed by atoms with Crippen LogP contribution in [0.1, 0.15) is 12.5 Å². The summed E-state index contributed by atoms with van der Waals surface area (Å²) in [4.78, 5) is 10.8. The number of ether oxygens (including phenoxy) is 1. The third-order valence-corrected chi connectivity index (χ3v) is 1.72. The van der Waals surface area contributed by atoms with Crippen LogP contribution in [0, 0.1) is 0 Å². The summed E-state index contributed by atoms with van der Waals surface area (Å²) in [6, 6.07) is 7.12. The zero-order valence-corrected chi connectivity index (χ0v) is 8.13. The number of carbonyl (C=O) groups is 1. The molecule has 0 aliphatic rings. The molecule has 0 saturated carbocycles. The lowest BCUT2D eigenvalue weighted by Gasteiger charge is -2.04. The quantitative estimate of drug-likeness (QED) is 0.721. The van der Waals surface area contributed by atoms with Gasteiger partial charge in [0.1, 0.15) is 24.8 Å². The second-order valence-electron chi connectivity index (χ2n) is 3.06. The topological polar surface area (TPSA) is 26.3 Å². The maximum absolute atomic E-state index is 11.8. The average molecular weight is 196 g/mol. The van der Waals surface area contributed by atoms with Gasteiger partial charge in [-0.3, -0.25) is 4.79 Å². The van der Waals surface area contributed by atoms with Gasteiger partial charge in [0, 0.05) is 6.42 Å². The van der Waals surface area contributed by atoms with Crippen molar-refractivity contribution in [3.05, 3.63) is 29.8 Å². The smallest absolute Gasteiger partial charge is 0.134 e. The molecule has 0 amide bonds. The molecule has 0 fully saturated rings. The molecule has 14 heavy (non-hydrogen) atoms. The molecule has 0 heterocycles. The van der Waals surface area contributed by atoms with Crippen LogP contribution in [0.15, 0.2) is 24.3 Å². The summed E-state index contributed by atoms with van der Waals surface area (Å²) in [6.45, 7) is 1.13. The minimum absolute atomic E-state index is 0.0755.